The molecule has 4 heteroatoms. The van der Waals surface area contributed by atoms with Crippen molar-refractivity contribution in [2.75, 3.05) is 4.90 Å². The Balaban J connectivity index is 1.01. The van der Waals surface area contributed by atoms with Crippen molar-refractivity contribution in [1.29, 1.82) is 0 Å². The molecule has 0 unspecified atom stereocenters. The van der Waals surface area contributed by atoms with Crippen LogP contribution in [-0.4, -0.2) is 14.5 Å². The van der Waals surface area contributed by atoms with Gasteiger partial charge in [0.2, 0.25) is 0 Å². The SMILES string of the molecule is Cc1cccc(-c2cc(-c3ccc(-c4ccc(-n5c6ccccc6c6cc(N(c7ccccc7)c7ccccc7)ccc65)cc4)c(C)c3)nc(-c3cccc(C)c3)n2)c1. The van der Waals surface area contributed by atoms with Gasteiger partial charge in [0.05, 0.1) is 22.4 Å². The lowest BCUT2D eigenvalue weighted by Gasteiger charge is -2.25. The van der Waals surface area contributed by atoms with E-state index in [2.05, 4.69) is 230 Å². The minimum absolute atomic E-state index is 0.728. The van der Waals surface area contributed by atoms with Crippen LogP contribution in [0.3, 0.4) is 0 Å². The number of aromatic nitrogens is 3. The van der Waals surface area contributed by atoms with Gasteiger partial charge in [0.1, 0.15) is 0 Å². The number of fused-ring (bicyclic) bond motifs is 3. The molecule has 2 aromatic heterocycles. The molecule has 8 aromatic carbocycles. The van der Waals surface area contributed by atoms with Crippen molar-refractivity contribution >= 4 is 38.9 Å². The number of para-hydroxylation sites is 3. The summed E-state index contributed by atoms with van der Waals surface area (Å²) in [4.78, 5) is 12.5. The van der Waals surface area contributed by atoms with Crippen molar-refractivity contribution < 1.29 is 0 Å². The summed E-state index contributed by atoms with van der Waals surface area (Å²) in [7, 11) is 0. The van der Waals surface area contributed by atoms with Gasteiger partial charge in [-0.25, -0.2) is 9.97 Å². The highest BCUT2D eigenvalue weighted by Gasteiger charge is 2.18. The van der Waals surface area contributed by atoms with Crippen LogP contribution < -0.4 is 4.90 Å². The summed E-state index contributed by atoms with van der Waals surface area (Å²) in [5, 5.41) is 2.44. The van der Waals surface area contributed by atoms with Crippen LogP contribution >= 0.6 is 0 Å². The topological polar surface area (TPSA) is 34.0 Å². The fraction of sp³-hybridized carbons (Fsp3) is 0.0545. The molecule has 4 nitrogen and oxygen atoms in total. The summed E-state index contributed by atoms with van der Waals surface area (Å²) < 4.78 is 2.39. The highest BCUT2D eigenvalue weighted by Crippen LogP contribution is 2.40. The molecule has 2 heterocycles. The zero-order valence-corrected chi connectivity index (χ0v) is 33.3. The number of hydrogen-bond donors (Lipinski definition) is 0. The van der Waals surface area contributed by atoms with Crippen molar-refractivity contribution in [1.82, 2.24) is 14.5 Å². The lowest BCUT2D eigenvalue weighted by Crippen LogP contribution is -2.09. The lowest BCUT2D eigenvalue weighted by molar-refractivity contribution is 1.18. The van der Waals surface area contributed by atoms with Gasteiger partial charge < -0.3 is 9.47 Å². The molecule has 0 radical (unpaired) electrons. The second-order valence-electron chi connectivity index (χ2n) is 15.3. The number of benzene rings is 8. The molecule has 0 amide bonds. The number of nitrogens with zero attached hydrogens (tertiary/aromatic N) is 4. The van der Waals surface area contributed by atoms with E-state index in [1.165, 1.54) is 49.6 Å². The number of aryl methyl sites for hydroxylation is 3. The Morgan fingerprint density at radius 3 is 1.63 bits per heavy atom. The van der Waals surface area contributed by atoms with Crippen LogP contribution in [0.25, 0.3) is 72.5 Å². The Morgan fingerprint density at radius 1 is 0.390 bits per heavy atom. The van der Waals surface area contributed by atoms with Crippen LogP contribution in [0.4, 0.5) is 17.1 Å². The maximum Gasteiger partial charge on any atom is 0.160 e. The Bertz CT molecular complexity index is 3020. The predicted octanol–water partition coefficient (Wildman–Crippen LogP) is 14.6. The molecule has 282 valence electrons. The zero-order valence-electron chi connectivity index (χ0n) is 33.3. The van der Waals surface area contributed by atoms with Crippen molar-refractivity contribution in [3.63, 3.8) is 0 Å². The van der Waals surface area contributed by atoms with Gasteiger partial charge in [-0.05, 0) is 122 Å². The number of anilines is 3. The normalized spacial score (nSPS) is 11.3. The standard InChI is InChI=1S/C55H42N4/c1-37-14-12-16-41(32-37)51-36-52(57-55(56-51)43-17-13-15-38(2)33-43)42-26-30-48(39(3)34-42)40-24-27-46(28-25-40)59-53-23-11-10-22-49(53)50-35-47(29-31-54(50)59)58(44-18-6-4-7-19-44)45-20-8-5-9-21-45/h4-36H,1-3H3. The van der Waals surface area contributed by atoms with E-state index in [4.69, 9.17) is 9.97 Å². The van der Waals surface area contributed by atoms with E-state index in [0.29, 0.717) is 0 Å². The third-order valence-corrected chi connectivity index (χ3v) is 11.2. The van der Waals surface area contributed by atoms with E-state index in [0.717, 1.165) is 56.7 Å². The molecule has 0 saturated heterocycles. The Kier molecular flexibility index (Phi) is 9.15. The van der Waals surface area contributed by atoms with Gasteiger partial charge in [0.25, 0.3) is 0 Å². The van der Waals surface area contributed by atoms with Gasteiger partial charge in [-0.15, -0.1) is 0 Å². The summed E-state index contributed by atoms with van der Waals surface area (Å²) in [5.41, 5.74) is 17.8. The summed E-state index contributed by atoms with van der Waals surface area (Å²) in [6, 6.07) is 71.4. The van der Waals surface area contributed by atoms with Gasteiger partial charge in [-0.2, -0.15) is 0 Å². The van der Waals surface area contributed by atoms with Crippen molar-refractivity contribution in [2.45, 2.75) is 20.8 Å². The molecule has 0 aliphatic heterocycles. The van der Waals surface area contributed by atoms with Gasteiger partial charge in [-0.1, -0.05) is 126 Å². The minimum atomic E-state index is 0.728. The first-order valence-electron chi connectivity index (χ1n) is 20.2. The quantitative estimate of drug-likeness (QED) is 0.155. The molecule has 0 fully saturated rings. The third-order valence-electron chi connectivity index (χ3n) is 11.2. The highest BCUT2D eigenvalue weighted by molar-refractivity contribution is 6.10. The lowest BCUT2D eigenvalue weighted by atomic mass is 9.96. The first kappa shape index (κ1) is 35.8. The minimum Gasteiger partial charge on any atom is -0.310 e. The monoisotopic (exact) mass is 758 g/mol. The van der Waals surface area contributed by atoms with Crippen LogP contribution in [0.15, 0.2) is 200 Å². The summed E-state index contributed by atoms with van der Waals surface area (Å²) in [6.07, 6.45) is 0. The maximum atomic E-state index is 5.13. The highest BCUT2D eigenvalue weighted by atomic mass is 15.1. The summed E-state index contributed by atoms with van der Waals surface area (Å²) in [5.74, 6) is 0.728. The van der Waals surface area contributed by atoms with E-state index in [1.54, 1.807) is 0 Å². The Morgan fingerprint density at radius 2 is 0.966 bits per heavy atom. The van der Waals surface area contributed by atoms with Gasteiger partial charge in [0, 0.05) is 50.2 Å². The molecule has 59 heavy (non-hydrogen) atoms. The van der Waals surface area contributed by atoms with Crippen LogP contribution in [0.1, 0.15) is 16.7 Å². The molecule has 0 N–H and O–H groups in total. The summed E-state index contributed by atoms with van der Waals surface area (Å²) in [6.45, 7) is 6.41. The Labute approximate surface area is 345 Å². The molecule has 0 aliphatic carbocycles. The van der Waals surface area contributed by atoms with Crippen LogP contribution in [-0.2, 0) is 0 Å². The van der Waals surface area contributed by atoms with E-state index >= 15 is 0 Å². The van der Waals surface area contributed by atoms with Gasteiger partial charge >= 0.3 is 0 Å². The Hall–Kier alpha value is -7.56. The van der Waals surface area contributed by atoms with Gasteiger partial charge in [0.15, 0.2) is 5.82 Å². The maximum absolute atomic E-state index is 5.13. The van der Waals surface area contributed by atoms with E-state index < -0.39 is 0 Å². The molecule has 0 saturated carbocycles. The summed E-state index contributed by atoms with van der Waals surface area (Å²) >= 11 is 0. The smallest absolute Gasteiger partial charge is 0.160 e. The first-order chi connectivity index (χ1) is 29.0. The van der Waals surface area contributed by atoms with Crippen LogP contribution in [0, 0.1) is 20.8 Å². The number of hydrogen-bond acceptors (Lipinski definition) is 3. The molecule has 10 rings (SSSR count). The molecule has 0 spiro atoms. The molecule has 10 aromatic rings. The fourth-order valence-electron chi connectivity index (χ4n) is 8.38. The molecule has 0 bridgehead atoms. The average molecular weight is 759 g/mol. The second kappa shape index (κ2) is 15.1. The van der Waals surface area contributed by atoms with E-state index in [-0.39, 0.29) is 0 Å². The fourth-order valence-corrected chi connectivity index (χ4v) is 8.38. The van der Waals surface area contributed by atoms with Crippen molar-refractivity contribution in [3.05, 3.63) is 217 Å². The number of rotatable bonds is 8. The molecule has 0 atom stereocenters. The second-order valence-corrected chi connectivity index (χ2v) is 15.3. The predicted molar refractivity (Wildman–Crippen MR) is 247 cm³/mol. The van der Waals surface area contributed by atoms with Crippen LogP contribution in [0.5, 0.6) is 0 Å². The van der Waals surface area contributed by atoms with Crippen molar-refractivity contribution in [2.24, 2.45) is 0 Å². The molecular weight excluding hydrogens is 717 g/mol. The van der Waals surface area contributed by atoms with Crippen molar-refractivity contribution in [3.8, 4) is 50.7 Å². The van der Waals surface area contributed by atoms with Gasteiger partial charge in [-0.3, -0.25) is 0 Å². The largest absolute Gasteiger partial charge is 0.310 e. The molecular formula is C55H42N4. The van der Waals surface area contributed by atoms with E-state index in [1.807, 2.05) is 0 Å². The third kappa shape index (κ3) is 6.85. The average Bonchev–Trinajstić information content (AvgIpc) is 3.61. The first-order valence-corrected chi connectivity index (χ1v) is 20.2. The zero-order chi connectivity index (χ0) is 39.9. The van der Waals surface area contributed by atoms with Crippen LogP contribution in [0.2, 0.25) is 0 Å². The molecule has 0 aliphatic rings. The van der Waals surface area contributed by atoms with E-state index in [9.17, 15) is 0 Å².